The van der Waals surface area contributed by atoms with Crippen molar-refractivity contribution < 1.29 is 19.1 Å². The van der Waals surface area contributed by atoms with E-state index in [-0.39, 0.29) is 11.7 Å². The van der Waals surface area contributed by atoms with Gasteiger partial charge in [0.2, 0.25) is 0 Å². The molecule has 30 heavy (non-hydrogen) atoms. The van der Waals surface area contributed by atoms with Gasteiger partial charge in [-0.3, -0.25) is 25.8 Å². The lowest BCUT2D eigenvalue weighted by molar-refractivity contribution is -0.123. The van der Waals surface area contributed by atoms with E-state index < -0.39 is 11.8 Å². The number of ether oxygens (including phenoxy) is 2. The molecule has 0 heterocycles. The number of carbonyl (C=O) groups is 2. The molecule has 2 aromatic carbocycles. The Balaban J connectivity index is 1.81. The molecule has 10 heteroatoms. The van der Waals surface area contributed by atoms with Crippen LogP contribution in [0.25, 0.3) is 0 Å². The number of rotatable bonds is 7. The molecule has 0 saturated carbocycles. The molecule has 7 nitrogen and oxygen atoms in total. The molecule has 0 bridgehead atoms. The van der Waals surface area contributed by atoms with Crippen molar-refractivity contribution in [2.45, 2.75) is 13.8 Å². The van der Waals surface area contributed by atoms with Crippen LogP contribution in [0.3, 0.4) is 0 Å². The maximum atomic E-state index is 12.5. The van der Waals surface area contributed by atoms with Gasteiger partial charge >= 0.3 is 0 Å². The van der Waals surface area contributed by atoms with E-state index in [4.69, 9.17) is 33.3 Å². The van der Waals surface area contributed by atoms with Crippen LogP contribution in [0.2, 0.25) is 5.02 Å². The second-order valence-electron chi connectivity index (χ2n) is 6.52. The lowest BCUT2D eigenvalue weighted by atomic mass is 10.2. The van der Waals surface area contributed by atoms with Crippen LogP contribution in [0.5, 0.6) is 11.5 Å². The molecule has 3 N–H and O–H groups in total. The average Bonchev–Trinajstić information content (AvgIpc) is 2.70. The first kappa shape index (κ1) is 23.9. The molecular formula is C20H21BrClN3O4S. The molecule has 0 radical (unpaired) electrons. The van der Waals surface area contributed by atoms with E-state index in [1.54, 1.807) is 42.5 Å². The highest BCUT2D eigenvalue weighted by Crippen LogP contribution is 2.27. The van der Waals surface area contributed by atoms with E-state index in [2.05, 4.69) is 32.1 Å². The van der Waals surface area contributed by atoms with Crippen LogP contribution < -0.4 is 25.6 Å². The van der Waals surface area contributed by atoms with Crippen molar-refractivity contribution in [3.8, 4) is 11.5 Å². The lowest BCUT2D eigenvalue weighted by Crippen LogP contribution is -2.49. The van der Waals surface area contributed by atoms with E-state index >= 15 is 0 Å². The predicted molar refractivity (Wildman–Crippen MR) is 123 cm³/mol. The summed E-state index contributed by atoms with van der Waals surface area (Å²) in [6, 6.07) is 11.9. The number of hydrogen-bond donors (Lipinski definition) is 3. The average molecular weight is 515 g/mol. The van der Waals surface area contributed by atoms with E-state index in [0.29, 0.717) is 34.6 Å². The zero-order valence-electron chi connectivity index (χ0n) is 16.3. The second kappa shape index (κ2) is 11.7. The molecule has 2 rings (SSSR count). The van der Waals surface area contributed by atoms with Gasteiger partial charge in [0.05, 0.1) is 17.2 Å². The van der Waals surface area contributed by atoms with Gasteiger partial charge in [-0.1, -0.05) is 53.5 Å². The largest absolute Gasteiger partial charge is 0.492 e. The molecule has 0 saturated heterocycles. The van der Waals surface area contributed by atoms with Crippen molar-refractivity contribution in [3.63, 3.8) is 0 Å². The van der Waals surface area contributed by atoms with Gasteiger partial charge in [0.1, 0.15) is 11.5 Å². The summed E-state index contributed by atoms with van der Waals surface area (Å²) < 4.78 is 11.8. The SMILES string of the molecule is CC(C)COc1ccccc1C(=O)NC(=S)NNC(=O)COc1ccc(Br)cc1Cl. The van der Waals surface area contributed by atoms with Gasteiger partial charge in [-0.25, -0.2) is 0 Å². The van der Waals surface area contributed by atoms with Crippen molar-refractivity contribution in [1.29, 1.82) is 0 Å². The zero-order chi connectivity index (χ0) is 22.1. The highest BCUT2D eigenvalue weighted by atomic mass is 79.9. The fourth-order valence-electron chi connectivity index (χ4n) is 2.14. The first-order valence-electron chi connectivity index (χ1n) is 8.96. The highest BCUT2D eigenvalue weighted by molar-refractivity contribution is 9.10. The van der Waals surface area contributed by atoms with Gasteiger partial charge < -0.3 is 9.47 Å². The minimum Gasteiger partial charge on any atom is -0.492 e. The molecule has 0 unspecified atom stereocenters. The van der Waals surface area contributed by atoms with Crippen molar-refractivity contribution >= 4 is 56.7 Å². The molecule has 0 aliphatic rings. The summed E-state index contributed by atoms with van der Waals surface area (Å²) in [5.41, 5.74) is 5.13. The summed E-state index contributed by atoms with van der Waals surface area (Å²) in [7, 11) is 0. The molecule has 2 amide bonds. The maximum absolute atomic E-state index is 12.5. The number of hydrazine groups is 1. The zero-order valence-corrected chi connectivity index (χ0v) is 19.5. The van der Waals surface area contributed by atoms with Gasteiger partial charge in [-0.2, -0.15) is 0 Å². The van der Waals surface area contributed by atoms with E-state index in [1.165, 1.54) is 0 Å². The molecule has 160 valence electrons. The third-order valence-electron chi connectivity index (χ3n) is 3.50. The first-order chi connectivity index (χ1) is 14.3. The van der Waals surface area contributed by atoms with Crippen LogP contribution in [0.4, 0.5) is 0 Å². The molecule has 0 atom stereocenters. The van der Waals surface area contributed by atoms with Crippen molar-refractivity contribution in [2.75, 3.05) is 13.2 Å². The molecule has 0 fully saturated rings. The standard InChI is InChI=1S/C20H21BrClN3O4S/c1-12(2)10-28-16-6-4-3-5-14(16)19(27)23-20(30)25-24-18(26)11-29-17-8-7-13(21)9-15(17)22/h3-9,12H,10-11H2,1-2H3,(H,24,26)(H2,23,25,27,30). The predicted octanol–water partition coefficient (Wildman–Crippen LogP) is 3.85. The fraction of sp³-hybridized carbons (Fsp3) is 0.250. The summed E-state index contributed by atoms with van der Waals surface area (Å²) in [6.45, 7) is 4.21. The molecular weight excluding hydrogens is 494 g/mol. The minimum atomic E-state index is -0.508. The van der Waals surface area contributed by atoms with Crippen molar-refractivity contribution in [1.82, 2.24) is 16.2 Å². The van der Waals surface area contributed by atoms with Crippen molar-refractivity contribution in [2.24, 2.45) is 5.92 Å². The Morgan fingerprint density at radius 1 is 1.10 bits per heavy atom. The van der Waals surface area contributed by atoms with Crippen LogP contribution in [-0.2, 0) is 4.79 Å². The summed E-state index contributed by atoms with van der Waals surface area (Å²) in [6.07, 6.45) is 0. The third kappa shape index (κ3) is 7.81. The van der Waals surface area contributed by atoms with E-state index in [9.17, 15) is 9.59 Å². The molecule has 0 aliphatic heterocycles. The Morgan fingerprint density at radius 3 is 2.53 bits per heavy atom. The quantitative estimate of drug-likeness (QED) is 0.384. The van der Waals surface area contributed by atoms with Crippen LogP contribution >= 0.6 is 39.7 Å². The fourth-order valence-corrected chi connectivity index (χ4v) is 3.01. The normalized spacial score (nSPS) is 10.3. The van der Waals surface area contributed by atoms with E-state index in [0.717, 1.165) is 4.47 Å². The number of carbonyl (C=O) groups excluding carboxylic acids is 2. The number of halogens is 2. The molecule has 0 aliphatic carbocycles. The summed E-state index contributed by atoms with van der Waals surface area (Å²) in [4.78, 5) is 24.4. The van der Waals surface area contributed by atoms with Gasteiger partial charge in [0.25, 0.3) is 11.8 Å². The van der Waals surface area contributed by atoms with Gasteiger partial charge in [0.15, 0.2) is 11.7 Å². The Bertz CT molecular complexity index is 927. The van der Waals surface area contributed by atoms with Crippen LogP contribution in [0, 0.1) is 5.92 Å². The highest BCUT2D eigenvalue weighted by Gasteiger charge is 2.14. The Hall–Kier alpha value is -2.36. The summed E-state index contributed by atoms with van der Waals surface area (Å²) in [5.74, 6) is 0.165. The summed E-state index contributed by atoms with van der Waals surface area (Å²) >= 11 is 14.4. The topological polar surface area (TPSA) is 88.7 Å². The Kier molecular flexibility index (Phi) is 9.35. The number of nitrogens with one attached hydrogen (secondary N) is 3. The van der Waals surface area contributed by atoms with Crippen molar-refractivity contribution in [3.05, 3.63) is 57.5 Å². The van der Waals surface area contributed by atoms with Gasteiger partial charge in [-0.15, -0.1) is 0 Å². The number of amides is 2. The Labute approximate surface area is 193 Å². The van der Waals surface area contributed by atoms with Gasteiger partial charge in [-0.05, 0) is 48.5 Å². The molecule has 0 aromatic heterocycles. The number of para-hydroxylation sites is 1. The van der Waals surface area contributed by atoms with E-state index in [1.807, 2.05) is 13.8 Å². The second-order valence-corrected chi connectivity index (χ2v) is 8.25. The molecule has 0 spiro atoms. The maximum Gasteiger partial charge on any atom is 0.276 e. The number of thiocarbonyl (C=S) groups is 1. The smallest absolute Gasteiger partial charge is 0.276 e. The number of benzene rings is 2. The lowest BCUT2D eigenvalue weighted by Gasteiger charge is -2.14. The van der Waals surface area contributed by atoms with Crippen LogP contribution in [-0.4, -0.2) is 30.1 Å². The van der Waals surface area contributed by atoms with Crippen LogP contribution in [0.15, 0.2) is 46.9 Å². The van der Waals surface area contributed by atoms with Crippen LogP contribution in [0.1, 0.15) is 24.2 Å². The first-order valence-corrected chi connectivity index (χ1v) is 10.5. The minimum absolute atomic E-state index is 0.0753. The summed E-state index contributed by atoms with van der Waals surface area (Å²) in [5, 5.41) is 2.78. The molecule has 2 aromatic rings. The monoisotopic (exact) mass is 513 g/mol. The Morgan fingerprint density at radius 2 is 1.83 bits per heavy atom. The number of hydrogen-bond acceptors (Lipinski definition) is 5. The third-order valence-corrected chi connectivity index (χ3v) is 4.49. The van der Waals surface area contributed by atoms with Gasteiger partial charge in [0, 0.05) is 4.47 Å².